The quantitative estimate of drug-likeness (QED) is 0.670. The van der Waals surface area contributed by atoms with Crippen molar-refractivity contribution in [2.75, 3.05) is 13.1 Å². The molecule has 0 aliphatic carbocycles. The number of nitrogens with zero attached hydrogens (tertiary/aromatic N) is 2. The highest BCUT2D eigenvalue weighted by Gasteiger charge is 2.21. The molecule has 0 aromatic heterocycles. The molecule has 5 heteroatoms. The van der Waals surface area contributed by atoms with Crippen molar-refractivity contribution < 1.29 is 9.84 Å². The van der Waals surface area contributed by atoms with Crippen LogP contribution in [0.2, 0.25) is 0 Å². The lowest BCUT2D eigenvalue weighted by Gasteiger charge is -2.32. The number of piperidine rings is 1. The monoisotopic (exact) mass is 325 g/mol. The molecule has 1 aliphatic heterocycles. The number of phenolic OH excluding ortho intramolecular Hbond substituents is 1. The minimum Gasteiger partial charge on any atom is -0.508 e. The number of guanidine groups is 1. The molecule has 1 fully saturated rings. The van der Waals surface area contributed by atoms with Gasteiger partial charge in [0, 0.05) is 31.5 Å². The van der Waals surface area contributed by atoms with Gasteiger partial charge in [-0.05, 0) is 18.2 Å². The van der Waals surface area contributed by atoms with E-state index >= 15 is 0 Å². The average molecular weight is 325 g/mol. The topological polar surface area (TPSA) is 71.1 Å². The zero-order chi connectivity index (χ0) is 16.8. The first-order valence-electron chi connectivity index (χ1n) is 8.26. The summed E-state index contributed by atoms with van der Waals surface area (Å²) in [5.74, 6) is 1.69. The lowest BCUT2D eigenvalue weighted by atomic mass is 10.1. The fraction of sp³-hybridized carbons (Fsp3) is 0.316. The summed E-state index contributed by atoms with van der Waals surface area (Å²) in [5.41, 5.74) is 6.88. The zero-order valence-corrected chi connectivity index (χ0v) is 13.6. The summed E-state index contributed by atoms with van der Waals surface area (Å²) in [6.07, 6.45) is 2.05. The van der Waals surface area contributed by atoms with Crippen LogP contribution in [0.5, 0.6) is 11.5 Å². The maximum Gasteiger partial charge on any atom is 0.191 e. The van der Waals surface area contributed by atoms with Crippen molar-refractivity contribution in [2.24, 2.45) is 10.7 Å². The van der Waals surface area contributed by atoms with Crippen molar-refractivity contribution in [2.45, 2.75) is 25.5 Å². The van der Waals surface area contributed by atoms with Crippen LogP contribution < -0.4 is 10.5 Å². The van der Waals surface area contributed by atoms with Crippen LogP contribution in [-0.2, 0) is 6.54 Å². The average Bonchev–Trinajstić information content (AvgIpc) is 2.62. The van der Waals surface area contributed by atoms with Crippen molar-refractivity contribution >= 4 is 5.96 Å². The molecule has 3 N–H and O–H groups in total. The van der Waals surface area contributed by atoms with Crippen molar-refractivity contribution in [3.63, 3.8) is 0 Å². The molecule has 2 aromatic carbocycles. The third-order valence-electron chi connectivity index (χ3n) is 4.21. The third kappa shape index (κ3) is 4.19. The van der Waals surface area contributed by atoms with E-state index in [-0.39, 0.29) is 11.9 Å². The Morgan fingerprint density at radius 3 is 2.46 bits per heavy atom. The molecule has 5 nitrogen and oxygen atoms in total. The number of rotatable bonds is 4. The first-order chi connectivity index (χ1) is 11.7. The summed E-state index contributed by atoms with van der Waals surface area (Å²) < 4.78 is 5.99. The van der Waals surface area contributed by atoms with Gasteiger partial charge in [-0.25, -0.2) is 4.99 Å². The largest absolute Gasteiger partial charge is 0.508 e. The lowest BCUT2D eigenvalue weighted by Crippen LogP contribution is -2.45. The molecule has 0 unspecified atom stereocenters. The van der Waals surface area contributed by atoms with Gasteiger partial charge in [-0.15, -0.1) is 0 Å². The number of ether oxygens (including phenoxy) is 1. The highest BCUT2D eigenvalue weighted by molar-refractivity contribution is 5.78. The van der Waals surface area contributed by atoms with Gasteiger partial charge in [-0.1, -0.05) is 36.4 Å². The van der Waals surface area contributed by atoms with Gasteiger partial charge in [0.05, 0.1) is 6.54 Å². The number of hydrogen-bond donors (Lipinski definition) is 2. The van der Waals surface area contributed by atoms with E-state index in [0.717, 1.165) is 37.2 Å². The van der Waals surface area contributed by atoms with Crippen LogP contribution in [-0.4, -0.2) is 35.2 Å². The van der Waals surface area contributed by atoms with E-state index in [1.807, 2.05) is 42.5 Å². The van der Waals surface area contributed by atoms with Gasteiger partial charge in [-0.3, -0.25) is 0 Å². The normalized spacial score (nSPS) is 16.2. The minimum absolute atomic E-state index is 0.217. The Bertz CT molecular complexity index is 680. The fourth-order valence-electron chi connectivity index (χ4n) is 2.80. The number of benzene rings is 2. The van der Waals surface area contributed by atoms with Crippen LogP contribution in [0.1, 0.15) is 18.4 Å². The summed E-state index contributed by atoms with van der Waals surface area (Å²) in [7, 11) is 0. The Kier molecular flexibility index (Phi) is 5.21. The number of likely N-dealkylation sites (tertiary alicyclic amines) is 1. The molecular formula is C19H23N3O2. The minimum atomic E-state index is 0.217. The molecule has 0 bridgehead atoms. The Hall–Kier alpha value is -2.69. The van der Waals surface area contributed by atoms with Crippen molar-refractivity contribution in [1.29, 1.82) is 0 Å². The van der Waals surface area contributed by atoms with Gasteiger partial charge < -0.3 is 20.5 Å². The molecule has 24 heavy (non-hydrogen) atoms. The van der Waals surface area contributed by atoms with Gasteiger partial charge in [0.1, 0.15) is 17.6 Å². The first-order valence-corrected chi connectivity index (χ1v) is 8.26. The Morgan fingerprint density at radius 1 is 1.08 bits per heavy atom. The molecule has 0 atom stereocenters. The predicted octanol–water partition coefficient (Wildman–Crippen LogP) is 2.75. The smallest absolute Gasteiger partial charge is 0.191 e. The Labute approximate surface area is 142 Å². The van der Waals surface area contributed by atoms with Gasteiger partial charge >= 0.3 is 0 Å². The van der Waals surface area contributed by atoms with E-state index in [4.69, 9.17) is 10.5 Å². The van der Waals surface area contributed by atoms with Crippen LogP contribution in [0.3, 0.4) is 0 Å². The summed E-state index contributed by atoms with van der Waals surface area (Å²) >= 11 is 0. The third-order valence-corrected chi connectivity index (χ3v) is 4.21. The number of hydrogen-bond acceptors (Lipinski definition) is 3. The Morgan fingerprint density at radius 2 is 1.75 bits per heavy atom. The number of aromatic hydroxyl groups is 1. The standard InChI is InChI=1S/C19H23N3O2/c20-19(21-14-15-6-4-5-9-18(15)23)22-12-10-17(11-13-22)24-16-7-2-1-3-8-16/h1-9,17,23H,10-14H2,(H2,20,21). The summed E-state index contributed by atoms with van der Waals surface area (Å²) in [5, 5.41) is 9.77. The van der Waals surface area contributed by atoms with Gasteiger partial charge in [0.2, 0.25) is 0 Å². The second-order valence-corrected chi connectivity index (χ2v) is 5.92. The summed E-state index contributed by atoms with van der Waals surface area (Å²) in [6.45, 7) is 2.04. The molecule has 0 amide bonds. The van der Waals surface area contributed by atoms with Crippen molar-refractivity contribution in [3.05, 3.63) is 60.2 Å². The molecule has 3 rings (SSSR count). The van der Waals surface area contributed by atoms with Crippen LogP contribution in [0.15, 0.2) is 59.6 Å². The second kappa shape index (κ2) is 7.73. The number of aliphatic imine (C=N–C) groups is 1. The van der Waals surface area contributed by atoms with Gasteiger partial charge in [0.15, 0.2) is 5.96 Å². The van der Waals surface area contributed by atoms with E-state index in [2.05, 4.69) is 9.89 Å². The number of nitrogens with two attached hydrogens (primary N) is 1. The maximum absolute atomic E-state index is 9.77. The van der Waals surface area contributed by atoms with Crippen LogP contribution in [0, 0.1) is 0 Å². The fourth-order valence-corrected chi connectivity index (χ4v) is 2.80. The zero-order valence-electron chi connectivity index (χ0n) is 13.6. The van der Waals surface area contributed by atoms with E-state index in [0.29, 0.717) is 12.5 Å². The highest BCUT2D eigenvalue weighted by atomic mass is 16.5. The van der Waals surface area contributed by atoms with Gasteiger partial charge in [-0.2, -0.15) is 0 Å². The summed E-state index contributed by atoms with van der Waals surface area (Å²) in [6, 6.07) is 17.1. The molecule has 0 radical (unpaired) electrons. The molecule has 1 saturated heterocycles. The second-order valence-electron chi connectivity index (χ2n) is 5.92. The lowest BCUT2D eigenvalue weighted by molar-refractivity contribution is 0.130. The van der Waals surface area contributed by atoms with Crippen molar-refractivity contribution in [1.82, 2.24) is 4.90 Å². The van der Waals surface area contributed by atoms with Crippen LogP contribution in [0.25, 0.3) is 0 Å². The van der Waals surface area contributed by atoms with Gasteiger partial charge in [0.25, 0.3) is 0 Å². The first kappa shape index (κ1) is 16.2. The van der Waals surface area contributed by atoms with E-state index < -0.39 is 0 Å². The SMILES string of the molecule is NC(=NCc1ccccc1O)N1CCC(Oc2ccccc2)CC1. The van der Waals surface area contributed by atoms with E-state index in [9.17, 15) is 5.11 Å². The highest BCUT2D eigenvalue weighted by Crippen LogP contribution is 2.19. The van der Waals surface area contributed by atoms with Crippen LogP contribution in [0.4, 0.5) is 0 Å². The predicted molar refractivity (Wildman–Crippen MR) is 95.1 cm³/mol. The van der Waals surface area contributed by atoms with E-state index in [1.54, 1.807) is 12.1 Å². The molecule has 1 heterocycles. The summed E-state index contributed by atoms with van der Waals surface area (Å²) in [4.78, 5) is 6.48. The van der Waals surface area contributed by atoms with Crippen molar-refractivity contribution in [3.8, 4) is 11.5 Å². The molecule has 126 valence electrons. The number of para-hydroxylation sites is 2. The molecule has 1 aliphatic rings. The van der Waals surface area contributed by atoms with Crippen LogP contribution >= 0.6 is 0 Å². The molecular weight excluding hydrogens is 302 g/mol. The van der Waals surface area contributed by atoms with E-state index in [1.165, 1.54) is 0 Å². The maximum atomic E-state index is 9.77. The molecule has 0 saturated carbocycles. The Balaban J connectivity index is 1.50. The number of phenols is 1. The molecule has 2 aromatic rings. The molecule has 0 spiro atoms.